The number of ketones is 1. The van der Waals surface area contributed by atoms with Gasteiger partial charge in [0.25, 0.3) is 0 Å². The van der Waals surface area contributed by atoms with Gasteiger partial charge in [-0.25, -0.2) is 4.79 Å². The van der Waals surface area contributed by atoms with Crippen molar-refractivity contribution in [2.24, 2.45) is 5.41 Å². The summed E-state index contributed by atoms with van der Waals surface area (Å²) in [7, 11) is 0. The number of hydrogen-bond donors (Lipinski definition) is 1. The quantitative estimate of drug-likeness (QED) is 0.0995. The van der Waals surface area contributed by atoms with Gasteiger partial charge in [0.2, 0.25) is 0 Å². The van der Waals surface area contributed by atoms with Crippen molar-refractivity contribution in [2.45, 2.75) is 53.6 Å². The van der Waals surface area contributed by atoms with E-state index >= 15 is 0 Å². The summed E-state index contributed by atoms with van der Waals surface area (Å²) in [5.74, 6) is -1.65. The van der Waals surface area contributed by atoms with Gasteiger partial charge < -0.3 is 24.1 Å². The van der Waals surface area contributed by atoms with Crippen molar-refractivity contribution >= 4 is 23.7 Å². The Morgan fingerprint density at radius 3 is 2.08 bits per heavy atom. The third kappa shape index (κ3) is 9.07. The number of benzene rings is 2. The van der Waals surface area contributed by atoms with Gasteiger partial charge in [-0.1, -0.05) is 18.7 Å². The second-order valence-corrected chi connectivity index (χ2v) is 10.2. The van der Waals surface area contributed by atoms with Crippen LogP contribution in [0, 0.1) is 12.3 Å². The SMILES string of the molecule is C=C(C)C(=O)OCCc1ccc(OC(=O)C(C)(C)C(=O)OCCOc2ccc(C(=O)C(C)(C)O)cc2)c(C)c1. The lowest BCUT2D eigenvalue weighted by atomic mass is 9.94. The van der Waals surface area contributed by atoms with Gasteiger partial charge in [-0.05, 0) is 83.0 Å². The van der Waals surface area contributed by atoms with E-state index in [1.807, 2.05) is 6.07 Å². The summed E-state index contributed by atoms with van der Waals surface area (Å²) < 4.78 is 21.3. The van der Waals surface area contributed by atoms with Crippen LogP contribution in [0.4, 0.5) is 0 Å². The summed E-state index contributed by atoms with van der Waals surface area (Å²) in [6, 6.07) is 11.4. The van der Waals surface area contributed by atoms with E-state index in [1.54, 1.807) is 38.1 Å². The highest BCUT2D eigenvalue weighted by atomic mass is 16.6. The summed E-state index contributed by atoms with van der Waals surface area (Å²) in [5, 5.41) is 9.83. The molecule has 0 unspecified atom stereocenters. The van der Waals surface area contributed by atoms with Gasteiger partial charge in [0.15, 0.2) is 11.2 Å². The summed E-state index contributed by atoms with van der Waals surface area (Å²) in [4.78, 5) is 48.9. The maximum absolute atomic E-state index is 12.8. The zero-order chi connectivity index (χ0) is 29.4. The smallest absolute Gasteiger partial charge is 0.333 e. The van der Waals surface area contributed by atoms with E-state index in [1.165, 1.54) is 39.8 Å². The van der Waals surface area contributed by atoms with E-state index in [4.69, 9.17) is 18.9 Å². The molecule has 0 bridgehead atoms. The molecule has 0 atom stereocenters. The van der Waals surface area contributed by atoms with Crippen molar-refractivity contribution in [2.75, 3.05) is 19.8 Å². The van der Waals surface area contributed by atoms with Crippen molar-refractivity contribution in [1.82, 2.24) is 0 Å². The second-order valence-electron chi connectivity index (χ2n) is 10.2. The van der Waals surface area contributed by atoms with Crippen LogP contribution in [-0.2, 0) is 30.3 Å². The number of esters is 3. The minimum Gasteiger partial charge on any atom is -0.490 e. The summed E-state index contributed by atoms with van der Waals surface area (Å²) in [5.41, 5.74) is -0.805. The molecule has 0 saturated carbocycles. The Bertz CT molecular complexity index is 1220. The van der Waals surface area contributed by atoms with E-state index in [9.17, 15) is 24.3 Å². The van der Waals surface area contributed by atoms with Gasteiger partial charge in [-0.15, -0.1) is 0 Å². The number of carbonyl (C=O) groups excluding carboxylic acids is 4. The zero-order valence-electron chi connectivity index (χ0n) is 23.3. The van der Waals surface area contributed by atoms with E-state index in [2.05, 4.69) is 6.58 Å². The molecular formula is C30H36O9. The Morgan fingerprint density at radius 2 is 1.51 bits per heavy atom. The van der Waals surface area contributed by atoms with Crippen LogP contribution in [0.3, 0.4) is 0 Å². The molecule has 0 radical (unpaired) electrons. The van der Waals surface area contributed by atoms with E-state index in [0.717, 1.165) is 5.56 Å². The molecule has 0 aliphatic rings. The van der Waals surface area contributed by atoms with Gasteiger partial charge in [-0.3, -0.25) is 14.4 Å². The first-order valence-corrected chi connectivity index (χ1v) is 12.4. The molecular weight excluding hydrogens is 504 g/mol. The average molecular weight is 541 g/mol. The van der Waals surface area contributed by atoms with Crippen molar-refractivity contribution in [3.8, 4) is 11.5 Å². The summed E-state index contributed by atoms with van der Waals surface area (Å²) >= 11 is 0. The Balaban J connectivity index is 1.84. The monoisotopic (exact) mass is 540 g/mol. The molecule has 0 aromatic heterocycles. The molecule has 1 N–H and O–H groups in total. The fourth-order valence-corrected chi connectivity index (χ4v) is 3.21. The van der Waals surface area contributed by atoms with Gasteiger partial charge in [0, 0.05) is 17.6 Å². The van der Waals surface area contributed by atoms with Crippen molar-refractivity contribution < 1.29 is 43.2 Å². The highest BCUT2D eigenvalue weighted by molar-refractivity contribution is 6.02. The summed E-state index contributed by atoms with van der Waals surface area (Å²) in [6.07, 6.45) is 0.483. The molecule has 2 rings (SSSR count). The molecule has 0 amide bonds. The van der Waals surface area contributed by atoms with Crippen LogP contribution in [0.1, 0.15) is 56.1 Å². The van der Waals surface area contributed by atoms with Crippen molar-refractivity contribution in [3.05, 3.63) is 71.3 Å². The van der Waals surface area contributed by atoms with E-state index in [0.29, 0.717) is 34.6 Å². The van der Waals surface area contributed by atoms with Gasteiger partial charge in [0.1, 0.15) is 30.3 Å². The second kappa shape index (κ2) is 13.2. The third-order valence-electron chi connectivity index (χ3n) is 5.69. The molecule has 0 spiro atoms. The molecule has 0 saturated heterocycles. The first-order valence-electron chi connectivity index (χ1n) is 12.4. The average Bonchev–Trinajstić information content (AvgIpc) is 2.87. The van der Waals surface area contributed by atoms with Crippen LogP contribution in [0.25, 0.3) is 0 Å². The lowest BCUT2D eigenvalue weighted by molar-refractivity contribution is -0.165. The minimum atomic E-state index is -1.57. The van der Waals surface area contributed by atoms with Crippen LogP contribution in [0.5, 0.6) is 11.5 Å². The van der Waals surface area contributed by atoms with Gasteiger partial charge in [0.05, 0.1) is 6.61 Å². The predicted octanol–water partition coefficient (Wildman–Crippen LogP) is 4.16. The molecule has 39 heavy (non-hydrogen) atoms. The zero-order valence-corrected chi connectivity index (χ0v) is 23.3. The highest BCUT2D eigenvalue weighted by Crippen LogP contribution is 2.25. The number of rotatable bonds is 13. The highest BCUT2D eigenvalue weighted by Gasteiger charge is 2.40. The molecule has 2 aromatic carbocycles. The summed E-state index contributed by atoms with van der Waals surface area (Å²) in [6.45, 7) is 12.6. The topological polar surface area (TPSA) is 125 Å². The Morgan fingerprint density at radius 1 is 0.872 bits per heavy atom. The first kappa shape index (κ1) is 31.2. The lowest BCUT2D eigenvalue weighted by Crippen LogP contribution is -2.38. The Labute approximate surface area is 228 Å². The number of aryl methyl sites for hydroxylation is 1. The van der Waals surface area contributed by atoms with Crippen molar-refractivity contribution in [3.63, 3.8) is 0 Å². The maximum atomic E-state index is 12.8. The van der Waals surface area contributed by atoms with Crippen LogP contribution < -0.4 is 9.47 Å². The number of Topliss-reactive ketones (excluding diaryl/α,β-unsaturated/α-hetero) is 1. The fourth-order valence-electron chi connectivity index (χ4n) is 3.21. The van der Waals surface area contributed by atoms with Crippen LogP contribution in [0.15, 0.2) is 54.6 Å². The number of carbonyl (C=O) groups is 4. The predicted molar refractivity (Wildman–Crippen MR) is 144 cm³/mol. The van der Waals surface area contributed by atoms with E-state index in [-0.39, 0.29) is 19.8 Å². The van der Waals surface area contributed by atoms with Crippen LogP contribution >= 0.6 is 0 Å². The number of hydrogen-bond acceptors (Lipinski definition) is 9. The molecule has 0 aliphatic carbocycles. The molecule has 2 aromatic rings. The van der Waals surface area contributed by atoms with Crippen LogP contribution in [0.2, 0.25) is 0 Å². The standard InChI is InChI=1S/C30H36O9/c1-19(2)26(32)37-15-14-21-8-13-24(20(3)18-21)39-28(34)29(4,5)27(33)38-17-16-36-23-11-9-22(10-12-23)25(31)30(6,7)35/h8-13,18,35H,1,14-17H2,2-7H3. The largest absolute Gasteiger partial charge is 0.490 e. The Hall–Kier alpha value is -3.98. The van der Waals surface area contributed by atoms with Crippen molar-refractivity contribution in [1.29, 1.82) is 0 Å². The lowest BCUT2D eigenvalue weighted by Gasteiger charge is -2.21. The molecule has 9 heteroatoms. The number of aliphatic hydroxyl groups is 1. The molecule has 210 valence electrons. The van der Waals surface area contributed by atoms with Gasteiger partial charge in [-0.2, -0.15) is 0 Å². The maximum Gasteiger partial charge on any atom is 0.333 e. The molecule has 0 fully saturated rings. The molecule has 0 aliphatic heterocycles. The van der Waals surface area contributed by atoms with E-state index < -0.39 is 34.7 Å². The number of ether oxygens (including phenoxy) is 4. The molecule has 0 heterocycles. The first-order chi connectivity index (χ1) is 18.1. The Kier molecular flexibility index (Phi) is 10.6. The third-order valence-corrected chi connectivity index (χ3v) is 5.69. The molecule has 9 nitrogen and oxygen atoms in total. The fraction of sp³-hybridized carbons (Fsp3) is 0.400. The minimum absolute atomic E-state index is 0.0257. The van der Waals surface area contributed by atoms with Crippen LogP contribution in [-0.4, -0.2) is 54.2 Å². The van der Waals surface area contributed by atoms with Gasteiger partial charge >= 0.3 is 17.9 Å². The normalized spacial score (nSPS) is 11.4.